The minimum atomic E-state index is -0.415. The van der Waals surface area contributed by atoms with Crippen molar-refractivity contribution in [2.45, 2.75) is 0 Å². The van der Waals surface area contributed by atoms with Gasteiger partial charge >= 0.3 is 0 Å². The second kappa shape index (κ2) is 5.14. The Labute approximate surface area is 131 Å². The van der Waals surface area contributed by atoms with Crippen molar-refractivity contribution in [3.05, 3.63) is 77.0 Å². The zero-order valence-corrected chi connectivity index (χ0v) is 12.0. The van der Waals surface area contributed by atoms with Crippen molar-refractivity contribution < 1.29 is 4.92 Å². The summed E-state index contributed by atoms with van der Waals surface area (Å²) in [5.41, 5.74) is 3.20. The summed E-state index contributed by atoms with van der Waals surface area (Å²) in [6.45, 7) is 0. The maximum absolute atomic E-state index is 10.7. The predicted molar refractivity (Wildman–Crippen MR) is 89.1 cm³/mol. The van der Waals surface area contributed by atoms with E-state index in [1.165, 1.54) is 12.1 Å². The van der Waals surface area contributed by atoms with Gasteiger partial charge in [0.15, 0.2) is 0 Å². The molecule has 3 aromatic carbocycles. The smallest absolute Gasteiger partial charge is 0.258 e. The molecule has 0 bridgehead atoms. The summed E-state index contributed by atoms with van der Waals surface area (Å²) in [6.07, 6.45) is 1.69. The molecule has 1 aromatic heterocycles. The maximum Gasteiger partial charge on any atom is 0.269 e. The van der Waals surface area contributed by atoms with E-state index in [0.717, 1.165) is 27.4 Å². The second-order valence-corrected chi connectivity index (χ2v) is 5.25. The average Bonchev–Trinajstić information content (AvgIpc) is 2.59. The normalized spacial score (nSPS) is 11.0. The third-order valence-electron chi connectivity index (χ3n) is 3.78. The molecular formula is C18H11N3O2. The molecular weight excluding hydrogens is 290 g/mol. The van der Waals surface area contributed by atoms with Crippen LogP contribution in [0.15, 0.2) is 66.9 Å². The molecule has 0 saturated heterocycles. The quantitative estimate of drug-likeness (QED) is 0.313. The van der Waals surface area contributed by atoms with Crippen molar-refractivity contribution in [3.8, 4) is 11.3 Å². The van der Waals surface area contributed by atoms with E-state index in [4.69, 9.17) is 0 Å². The van der Waals surface area contributed by atoms with E-state index >= 15 is 0 Å². The number of rotatable bonds is 2. The number of nitro groups is 1. The van der Waals surface area contributed by atoms with Crippen LogP contribution in [-0.4, -0.2) is 14.9 Å². The molecule has 0 radical (unpaired) electrons. The van der Waals surface area contributed by atoms with Gasteiger partial charge in [-0.15, -0.1) is 0 Å². The first-order chi connectivity index (χ1) is 11.2. The Morgan fingerprint density at radius 1 is 0.870 bits per heavy atom. The lowest BCUT2D eigenvalue weighted by atomic mass is 10.1. The minimum absolute atomic E-state index is 0.0634. The van der Waals surface area contributed by atoms with Crippen molar-refractivity contribution in [2.24, 2.45) is 0 Å². The Morgan fingerprint density at radius 2 is 1.52 bits per heavy atom. The largest absolute Gasteiger partial charge is 0.269 e. The number of non-ortho nitro benzene ring substituents is 1. The Bertz CT molecular complexity index is 1040. The number of hydrogen-bond donors (Lipinski definition) is 0. The molecule has 4 aromatic rings. The van der Waals surface area contributed by atoms with Gasteiger partial charge in [-0.25, -0.2) is 4.98 Å². The van der Waals surface area contributed by atoms with E-state index in [-0.39, 0.29) is 5.69 Å². The molecule has 0 amide bonds. The monoisotopic (exact) mass is 301 g/mol. The first-order valence-corrected chi connectivity index (χ1v) is 7.11. The molecule has 110 valence electrons. The molecule has 4 rings (SSSR count). The van der Waals surface area contributed by atoms with Crippen molar-refractivity contribution in [3.63, 3.8) is 0 Å². The molecule has 0 saturated carbocycles. The minimum Gasteiger partial charge on any atom is -0.258 e. The van der Waals surface area contributed by atoms with Crippen LogP contribution in [0.3, 0.4) is 0 Å². The summed E-state index contributed by atoms with van der Waals surface area (Å²) in [7, 11) is 0. The molecule has 0 aliphatic heterocycles. The topological polar surface area (TPSA) is 68.9 Å². The van der Waals surface area contributed by atoms with E-state index in [2.05, 4.69) is 9.97 Å². The number of aromatic nitrogens is 2. The number of fused-ring (bicyclic) bond motifs is 2. The zero-order valence-electron chi connectivity index (χ0n) is 12.0. The van der Waals surface area contributed by atoms with E-state index in [1.54, 1.807) is 18.3 Å². The fourth-order valence-electron chi connectivity index (χ4n) is 2.59. The molecule has 5 heteroatoms. The van der Waals surface area contributed by atoms with Crippen LogP contribution in [0.2, 0.25) is 0 Å². The summed E-state index contributed by atoms with van der Waals surface area (Å²) in [5.74, 6) is 0. The zero-order chi connectivity index (χ0) is 15.8. The van der Waals surface area contributed by atoms with Gasteiger partial charge in [-0.1, -0.05) is 24.3 Å². The van der Waals surface area contributed by atoms with Crippen LogP contribution in [0.4, 0.5) is 5.69 Å². The molecule has 1 heterocycles. The van der Waals surface area contributed by atoms with Gasteiger partial charge in [0.1, 0.15) is 0 Å². The van der Waals surface area contributed by atoms with Crippen LogP contribution in [0, 0.1) is 10.1 Å². The highest BCUT2D eigenvalue weighted by molar-refractivity contribution is 5.95. The van der Waals surface area contributed by atoms with Gasteiger partial charge in [0, 0.05) is 17.7 Å². The summed E-state index contributed by atoms with van der Waals surface area (Å²) in [5, 5.41) is 13.0. The highest BCUT2D eigenvalue weighted by atomic mass is 16.6. The lowest BCUT2D eigenvalue weighted by Gasteiger charge is -2.04. The van der Waals surface area contributed by atoms with Gasteiger partial charge in [-0.3, -0.25) is 15.1 Å². The van der Waals surface area contributed by atoms with E-state index in [9.17, 15) is 10.1 Å². The standard InChI is InChI=1S/C18H11N3O2/c22-21(23)15-7-5-12(6-8-15)18-11-19-16-9-13-3-1-2-4-14(13)10-17(16)20-18/h1-11H. The fourth-order valence-corrected chi connectivity index (χ4v) is 2.59. The summed E-state index contributed by atoms with van der Waals surface area (Å²) >= 11 is 0. The van der Waals surface area contributed by atoms with Gasteiger partial charge in [0.05, 0.1) is 27.8 Å². The van der Waals surface area contributed by atoms with Crippen LogP contribution in [0.5, 0.6) is 0 Å². The molecule has 0 atom stereocenters. The molecule has 0 aliphatic rings. The molecule has 23 heavy (non-hydrogen) atoms. The Kier molecular flexibility index (Phi) is 2.98. The Morgan fingerprint density at radius 3 is 2.17 bits per heavy atom. The van der Waals surface area contributed by atoms with Gasteiger partial charge < -0.3 is 0 Å². The molecule has 0 fully saturated rings. The lowest BCUT2D eigenvalue weighted by molar-refractivity contribution is -0.384. The molecule has 5 nitrogen and oxygen atoms in total. The first-order valence-electron chi connectivity index (χ1n) is 7.11. The third-order valence-corrected chi connectivity index (χ3v) is 3.78. The van der Waals surface area contributed by atoms with Crippen molar-refractivity contribution in [2.75, 3.05) is 0 Å². The number of hydrogen-bond acceptors (Lipinski definition) is 4. The molecule has 0 aliphatic carbocycles. The van der Waals surface area contributed by atoms with Crippen LogP contribution < -0.4 is 0 Å². The highest BCUT2D eigenvalue weighted by Gasteiger charge is 2.08. The summed E-state index contributed by atoms with van der Waals surface area (Å²) in [6, 6.07) is 18.4. The maximum atomic E-state index is 10.7. The predicted octanol–water partition coefficient (Wildman–Crippen LogP) is 4.36. The molecule has 0 spiro atoms. The molecule has 0 N–H and O–H groups in total. The van der Waals surface area contributed by atoms with E-state index in [0.29, 0.717) is 5.69 Å². The molecule has 0 unspecified atom stereocenters. The van der Waals surface area contributed by atoms with Crippen LogP contribution in [0.1, 0.15) is 0 Å². The Balaban J connectivity index is 1.84. The van der Waals surface area contributed by atoms with Crippen LogP contribution in [0.25, 0.3) is 33.1 Å². The van der Waals surface area contributed by atoms with E-state index < -0.39 is 4.92 Å². The number of nitro benzene ring substituents is 1. The van der Waals surface area contributed by atoms with Crippen molar-refractivity contribution >= 4 is 27.5 Å². The van der Waals surface area contributed by atoms with Gasteiger partial charge in [-0.2, -0.15) is 0 Å². The average molecular weight is 301 g/mol. The fraction of sp³-hybridized carbons (Fsp3) is 0. The van der Waals surface area contributed by atoms with Crippen LogP contribution >= 0.6 is 0 Å². The third kappa shape index (κ3) is 2.38. The highest BCUT2D eigenvalue weighted by Crippen LogP contribution is 2.24. The lowest BCUT2D eigenvalue weighted by Crippen LogP contribution is -1.90. The van der Waals surface area contributed by atoms with Gasteiger partial charge in [0.2, 0.25) is 0 Å². The first kappa shape index (κ1) is 13.3. The second-order valence-electron chi connectivity index (χ2n) is 5.25. The van der Waals surface area contributed by atoms with Crippen molar-refractivity contribution in [1.82, 2.24) is 9.97 Å². The van der Waals surface area contributed by atoms with Gasteiger partial charge in [0.25, 0.3) is 5.69 Å². The summed E-state index contributed by atoms with van der Waals surface area (Å²) < 4.78 is 0. The number of benzene rings is 3. The van der Waals surface area contributed by atoms with Crippen molar-refractivity contribution in [1.29, 1.82) is 0 Å². The van der Waals surface area contributed by atoms with Crippen LogP contribution in [-0.2, 0) is 0 Å². The van der Waals surface area contributed by atoms with E-state index in [1.807, 2.05) is 36.4 Å². The Hall–Kier alpha value is -3.34. The van der Waals surface area contributed by atoms with Gasteiger partial charge in [-0.05, 0) is 35.0 Å². The number of nitrogens with zero attached hydrogens (tertiary/aromatic N) is 3. The SMILES string of the molecule is O=[N+]([O-])c1ccc(-c2cnc3cc4ccccc4cc3n2)cc1. The summed E-state index contributed by atoms with van der Waals surface area (Å²) in [4.78, 5) is 19.4.